The Bertz CT molecular complexity index is 768. The molecule has 1 aliphatic carbocycles. The number of aryl methyl sites for hydroxylation is 1. The Kier molecular flexibility index (Phi) is 7.59. The summed E-state index contributed by atoms with van der Waals surface area (Å²) in [6.07, 6.45) is 10.2. The smallest absolute Gasteiger partial charge is 0.269 e. The van der Waals surface area contributed by atoms with Crippen molar-refractivity contribution in [1.82, 2.24) is 15.6 Å². The van der Waals surface area contributed by atoms with Gasteiger partial charge in [0.2, 0.25) is 0 Å². The van der Waals surface area contributed by atoms with Crippen LogP contribution in [0, 0.1) is 0 Å². The molecule has 2 N–H and O–H groups in total. The number of nitrogens with one attached hydrogen (secondary N) is 2. The first-order chi connectivity index (χ1) is 13.7. The highest BCUT2D eigenvalue weighted by molar-refractivity contribution is 5.98. The molecular formula is C23H29N3O2. The van der Waals surface area contributed by atoms with Crippen LogP contribution in [-0.4, -0.2) is 29.4 Å². The average Bonchev–Trinajstić information content (AvgIpc) is 3.00. The maximum atomic E-state index is 12.5. The van der Waals surface area contributed by atoms with Crippen molar-refractivity contribution in [3.8, 4) is 0 Å². The zero-order valence-corrected chi connectivity index (χ0v) is 16.3. The van der Waals surface area contributed by atoms with E-state index in [9.17, 15) is 9.59 Å². The summed E-state index contributed by atoms with van der Waals surface area (Å²) in [5, 5.41) is 6.01. The van der Waals surface area contributed by atoms with Crippen molar-refractivity contribution in [1.29, 1.82) is 0 Å². The van der Waals surface area contributed by atoms with Crippen molar-refractivity contribution in [3.63, 3.8) is 0 Å². The molecular weight excluding hydrogens is 350 g/mol. The van der Waals surface area contributed by atoms with E-state index in [1.807, 2.05) is 18.2 Å². The standard InChI is InChI=1S/C23H29N3O2/c27-22(26-20-12-6-1-2-7-13-20)19-14-16-24-21(17-19)23(28)25-15-8-11-18-9-4-3-5-10-18/h3-5,9-10,14,16-17,20H,1-2,6-8,11-13,15H2,(H,25,28)(H,26,27). The number of hydrogen-bond acceptors (Lipinski definition) is 3. The lowest BCUT2D eigenvalue weighted by atomic mass is 10.1. The van der Waals surface area contributed by atoms with Crippen LogP contribution in [0.15, 0.2) is 48.7 Å². The van der Waals surface area contributed by atoms with Crippen LogP contribution < -0.4 is 10.6 Å². The number of carbonyl (C=O) groups is 2. The molecule has 148 valence electrons. The fourth-order valence-corrected chi connectivity index (χ4v) is 3.62. The van der Waals surface area contributed by atoms with Gasteiger partial charge in [-0.15, -0.1) is 0 Å². The first-order valence-electron chi connectivity index (χ1n) is 10.3. The van der Waals surface area contributed by atoms with E-state index in [1.165, 1.54) is 24.6 Å². The molecule has 2 amide bonds. The maximum absolute atomic E-state index is 12.5. The summed E-state index contributed by atoms with van der Waals surface area (Å²) in [7, 11) is 0. The first-order valence-corrected chi connectivity index (χ1v) is 10.3. The molecule has 1 saturated carbocycles. The van der Waals surface area contributed by atoms with E-state index in [2.05, 4.69) is 27.8 Å². The average molecular weight is 380 g/mol. The van der Waals surface area contributed by atoms with Crippen molar-refractivity contribution < 1.29 is 9.59 Å². The van der Waals surface area contributed by atoms with Crippen LogP contribution >= 0.6 is 0 Å². The molecule has 1 fully saturated rings. The number of aromatic nitrogens is 1. The molecule has 5 nitrogen and oxygen atoms in total. The van der Waals surface area contributed by atoms with E-state index in [0.29, 0.717) is 12.1 Å². The molecule has 0 radical (unpaired) electrons. The van der Waals surface area contributed by atoms with Crippen LogP contribution in [-0.2, 0) is 6.42 Å². The van der Waals surface area contributed by atoms with Gasteiger partial charge in [-0.05, 0) is 43.4 Å². The lowest BCUT2D eigenvalue weighted by Crippen LogP contribution is -2.34. The number of pyridine rings is 1. The summed E-state index contributed by atoms with van der Waals surface area (Å²) >= 11 is 0. The van der Waals surface area contributed by atoms with Gasteiger partial charge in [0, 0.05) is 24.3 Å². The second-order valence-corrected chi connectivity index (χ2v) is 7.44. The second-order valence-electron chi connectivity index (χ2n) is 7.44. The van der Waals surface area contributed by atoms with Crippen molar-refractivity contribution >= 4 is 11.8 Å². The van der Waals surface area contributed by atoms with Crippen molar-refractivity contribution in [3.05, 3.63) is 65.5 Å². The molecule has 1 aliphatic rings. The number of benzene rings is 1. The van der Waals surface area contributed by atoms with Crippen molar-refractivity contribution in [2.75, 3.05) is 6.54 Å². The normalized spacial score (nSPS) is 14.9. The van der Waals surface area contributed by atoms with Crippen LogP contribution in [0.4, 0.5) is 0 Å². The third kappa shape index (κ3) is 6.19. The maximum Gasteiger partial charge on any atom is 0.269 e. The molecule has 0 bridgehead atoms. The number of hydrogen-bond donors (Lipinski definition) is 2. The third-order valence-electron chi connectivity index (χ3n) is 5.22. The minimum absolute atomic E-state index is 0.118. The number of amides is 2. The Morgan fingerprint density at radius 2 is 1.71 bits per heavy atom. The van der Waals surface area contributed by atoms with Gasteiger partial charge in [0.05, 0.1) is 0 Å². The van der Waals surface area contributed by atoms with Gasteiger partial charge in [0.25, 0.3) is 11.8 Å². The Hall–Kier alpha value is -2.69. The van der Waals surface area contributed by atoms with Gasteiger partial charge in [-0.2, -0.15) is 0 Å². The summed E-state index contributed by atoms with van der Waals surface area (Å²) < 4.78 is 0. The Balaban J connectivity index is 1.48. The lowest BCUT2D eigenvalue weighted by molar-refractivity contribution is 0.0933. The third-order valence-corrected chi connectivity index (χ3v) is 5.22. The summed E-state index contributed by atoms with van der Waals surface area (Å²) in [5.41, 5.74) is 2.04. The molecule has 0 atom stereocenters. The van der Waals surface area contributed by atoms with Crippen molar-refractivity contribution in [2.45, 2.75) is 57.4 Å². The predicted molar refractivity (Wildman–Crippen MR) is 110 cm³/mol. The van der Waals surface area contributed by atoms with E-state index in [0.717, 1.165) is 38.5 Å². The van der Waals surface area contributed by atoms with E-state index in [4.69, 9.17) is 0 Å². The van der Waals surface area contributed by atoms with E-state index < -0.39 is 0 Å². The van der Waals surface area contributed by atoms with E-state index in [-0.39, 0.29) is 23.6 Å². The molecule has 1 aromatic heterocycles. The lowest BCUT2D eigenvalue weighted by Gasteiger charge is -2.16. The quantitative estimate of drug-likeness (QED) is 0.566. The molecule has 0 aliphatic heterocycles. The number of nitrogens with zero attached hydrogens (tertiary/aromatic N) is 1. The van der Waals surface area contributed by atoms with E-state index >= 15 is 0 Å². The second kappa shape index (κ2) is 10.6. The van der Waals surface area contributed by atoms with Gasteiger partial charge in [-0.25, -0.2) is 0 Å². The molecule has 0 unspecified atom stereocenters. The zero-order valence-electron chi connectivity index (χ0n) is 16.3. The molecule has 1 aromatic carbocycles. The van der Waals surface area contributed by atoms with Crippen LogP contribution in [0.2, 0.25) is 0 Å². The van der Waals surface area contributed by atoms with Gasteiger partial charge in [-0.1, -0.05) is 56.0 Å². The Morgan fingerprint density at radius 1 is 0.964 bits per heavy atom. The monoisotopic (exact) mass is 379 g/mol. The summed E-state index contributed by atoms with van der Waals surface area (Å²) in [5.74, 6) is -0.357. The molecule has 2 aromatic rings. The van der Waals surface area contributed by atoms with Crippen LogP contribution in [0.25, 0.3) is 0 Å². The Morgan fingerprint density at radius 3 is 2.46 bits per heavy atom. The highest BCUT2D eigenvalue weighted by atomic mass is 16.2. The van der Waals surface area contributed by atoms with Gasteiger partial charge in [-0.3, -0.25) is 14.6 Å². The molecule has 0 saturated heterocycles. The first kappa shape index (κ1) is 20.1. The summed E-state index contributed by atoms with van der Waals surface area (Å²) in [4.78, 5) is 29.0. The fourth-order valence-electron chi connectivity index (χ4n) is 3.62. The fraction of sp³-hybridized carbons (Fsp3) is 0.435. The van der Waals surface area contributed by atoms with Crippen molar-refractivity contribution in [2.24, 2.45) is 0 Å². The molecule has 3 rings (SSSR count). The zero-order chi connectivity index (χ0) is 19.6. The minimum Gasteiger partial charge on any atom is -0.351 e. The SMILES string of the molecule is O=C(NC1CCCCCC1)c1ccnc(C(=O)NCCCc2ccccc2)c1. The topological polar surface area (TPSA) is 71.1 Å². The van der Waals surface area contributed by atoms with Crippen LogP contribution in [0.5, 0.6) is 0 Å². The van der Waals surface area contributed by atoms with Crippen LogP contribution in [0.1, 0.15) is 71.4 Å². The molecule has 0 spiro atoms. The molecule has 1 heterocycles. The molecule has 28 heavy (non-hydrogen) atoms. The van der Waals surface area contributed by atoms with Gasteiger partial charge >= 0.3 is 0 Å². The van der Waals surface area contributed by atoms with E-state index in [1.54, 1.807) is 12.1 Å². The van der Waals surface area contributed by atoms with Gasteiger partial charge in [0.15, 0.2) is 0 Å². The number of carbonyl (C=O) groups excluding carboxylic acids is 2. The van der Waals surface area contributed by atoms with Gasteiger partial charge in [0.1, 0.15) is 5.69 Å². The Labute approximate surface area is 167 Å². The minimum atomic E-state index is -0.239. The highest BCUT2D eigenvalue weighted by Crippen LogP contribution is 2.17. The summed E-state index contributed by atoms with van der Waals surface area (Å²) in [6.45, 7) is 0.577. The summed E-state index contributed by atoms with van der Waals surface area (Å²) in [6, 6.07) is 13.7. The largest absolute Gasteiger partial charge is 0.351 e. The highest BCUT2D eigenvalue weighted by Gasteiger charge is 2.17. The molecule has 5 heteroatoms. The van der Waals surface area contributed by atoms with Gasteiger partial charge < -0.3 is 10.6 Å². The van der Waals surface area contributed by atoms with Crippen LogP contribution in [0.3, 0.4) is 0 Å². The predicted octanol–water partition coefficient (Wildman–Crippen LogP) is 3.90. The number of rotatable bonds is 7.